The molecule has 1 heterocycles. The molecule has 0 aromatic heterocycles. The van der Waals surface area contributed by atoms with Gasteiger partial charge in [0.2, 0.25) is 0 Å². The largest absolute Gasteiger partial charge is 0.478 e. The number of urea groups is 1. The van der Waals surface area contributed by atoms with Gasteiger partial charge in [-0.1, -0.05) is 6.07 Å². The number of carbonyl (C=O) groups excluding carboxylic acids is 1. The van der Waals surface area contributed by atoms with Crippen molar-refractivity contribution in [2.45, 2.75) is 26.9 Å². The molecular formula is C14H18N2O3. The molecule has 0 unspecified atom stereocenters. The first-order chi connectivity index (χ1) is 9.06. The minimum absolute atomic E-state index is 0.0121. The average Bonchev–Trinajstić information content (AvgIpc) is 2.82. The number of fused-ring (bicyclic) bond motifs is 1. The molecule has 1 aliphatic heterocycles. The summed E-state index contributed by atoms with van der Waals surface area (Å²) >= 11 is 0. The molecule has 1 N–H and O–H groups in total. The van der Waals surface area contributed by atoms with Crippen molar-refractivity contribution in [1.82, 2.24) is 9.80 Å². The van der Waals surface area contributed by atoms with Crippen molar-refractivity contribution in [2.24, 2.45) is 0 Å². The first-order valence-electron chi connectivity index (χ1n) is 6.45. The highest BCUT2D eigenvalue weighted by atomic mass is 16.4. The second-order valence-corrected chi connectivity index (χ2v) is 4.60. The third-order valence-electron chi connectivity index (χ3n) is 3.48. The van der Waals surface area contributed by atoms with Crippen LogP contribution in [-0.2, 0) is 13.1 Å². The topological polar surface area (TPSA) is 60.9 Å². The van der Waals surface area contributed by atoms with Crippen molar-refractivity contribution in [1.29, 1.82) is 0 Å². The second kappa shape index (κ2) is 5.30. The highest BCUT2D eigenvalue weighted by molar-refractivity contribution is 5.88. The first kappa shape index (κ1) is 13.4. The van der Waals surface area contributed by atoms with Crippen LogP contribution in [-0.4, -0.2) is 40.0 Å². The van der Waals surface area contributed by atoms with Gasteiger partial charge in [-0.2, -0.15) is 0 Å². The molecule has 0 atom stereocenters. The smallest absolute Gasteiger partial charge is 0.335 e. The van der Waals surface area contributed by atoms with Gasteiger partial charge in [0.15, 0.2) is 0 Å². The maximum Gasteiger partial charge on any atom is 0.335 e. The molecule has 0 spiro atoms. The Bertz CT molecular complexity index is 509. The molecule has 102 valence electrons. The quantitative estimate of drug-likeness (QED) is 0.908. The van der Waals surface area contributed by atoms with Crippen LogP contribution in [0.5, 0.6) is 0 Å². The third-order valence-corrected chi connectivity index (χ3v) is 3.48. The molecule has 0 saturated heterocycles. The van der Waals surface area contributed by atoms with Crippen LogP contribution >= 0.6 is 0 Å². The normalized spacial score (nSPS) is 13.3. The first-order valence-corrected chi connectivity index (χ1v) is 6.45. The van der Waals surface area contributed by atoms with Gasteiger partial charge in [0.1, 0.15) is 0 Å². The fourth-order valence-electron chi connectivity index (χ4n) is 2.36. The van der Waals surface area contributed by atoms with E-state index in [2.05, 4.69) is 0 Å². The van der Waals surface area contributed by atoms with Gasteiger partial charge in [0, 0.05) is 26.2 Å². The van der Waals surface area contributed by atoms with Gasteiger partial charge in [-0.25, -0.2) is 9.59 Å². The molecule has 5 heteroatoms. The van der Waals surface area contributed by atoms with E-state index >= 15 is 0 Å². The van der Waals surface area contributed by atoms with Gasteiger partial charge >= 0.3 is 12.0 Å². The van der Waals surface area contributed by atoms with E-state index in [0.29, 0.717) is 26.2 Å². The van der Waals surface area contributed by atoms with Gasteiger partial charge in [0.05, 0.1) is 5.56 Å². The Morgan fingerprint density at radius 1 is 1.21 bits per heavy atom. The lowest BCUT2D eigenvalue weighted by molar-refractivity contribution is 0.0696. The Morgan fingerprint density at radius 3 is 2.42 bits per heavy atom. The predicted octanol–water partition coefficient (Wildman–Crippen LogP) is 2.16. The number of nitrogens with zero attached hydrogens (tertiary/aromatic N) is 2. The van der Waals surface area contributed by atoms with Gasteiger partial charge in [-0.05, 0) is 37.1 Å². The summed E-state index contributed by atoms with van der Waals surface area (Å²) in [7, 11) is 0. The summed E-state index contributed by atoms with van der Waals surface area (Å²) in [5, 5.41) is 8.97. The van der Waals surface area contributed by atoms with Crippen molar-refractivity contribution in [3.05, 3.63) is 34.9 Å². The molecule has 19 heavy (non-hydrogen) atoms. The Hall–Kier alpha value is -2.04. The molecule has 0 aliphatic carbocycles. The number of rotatable bonds is 3. The van der Waals surface area contributed by atoms with Crippen molar-refractivity contribution in [3.8, 4) is 0 Å². The fraction of sp³-hybridized carbons (Fsp3) is 0.429. The van der Waals surface area contributed by atoms with Gasteiger partial charge in [-0.15, -0.1) is 0 Å². The van der Waals surface area contributed by atoms with Crippen LogP contribution in [0.25, 0.3) is 0 Å². The van der Waals surface area contributed by atoms with Gasteiger partial charge in [0.25, 0.3) is 0 Å². The second-order valence-electron chi connectivity index (χ2n) is 4.60. The zero-order chi connectivity index (χ0) is 14.0. The molecule has 0 radical (unpaired) electrons. The van der Waals surface area contributed by atoms with Gasteiger partial charge < -0.3 is 14.9 Å². The standard InChI is InChI=1S/C14H18N2O3/c1-3-15(4-2)14(19)16-8-11-6-5-10(13(17)18)7-12(11)9-16/h5-7H,3-4,8-9H2,1-2H3,(H,17,18). The fourth-order valence-corrected chi connectivity index (χ4v) is 2.36. The van der Waals surface area contributed by atoms with Crippen LogP contribution in [0.4, 0.5) is 4.79 Å². The molecule has 1 aromatic carbocycles. The molecule has 1 aliphatic rings. The average molecular weight is 262 g/mol. The summed E-state index contributed by atoms with van der Waals surface area (Å²) < 4.78 is 0. The van der Waals surface area contributed by atoms with Crippen LogP contribution < -0.4 is 0 Å². The van der Waals surface area contributed by atoms with Crippen molar-refractivity contribution in [3.63, 3.8) is 0 Å². The van der Waals surface area contributed by atoms with Crippen LogP contribution in [0.15, 0.2) is 18.2 Å². The summed E-state index contributed by atoms with van der Waals surface area (Å²) in [5.74, 6) is -0.934. The lowest BCUT2D eigenvalue weighted by atomic mass is 10.1. The number of amides is 2. The summed E-state index contributed by atoms with van der Waals surface area (Å²) in [6.07, 6.45) is 0. The molecule has 0 saturated carbocycles. The molecular weight excluding hydrogens is 244 g/mol. The van der Waals surface area contributed by atoms with E-state index in [1.54, 1.807) is 28.0 Å². The molecule has 0 fully saturated rings. The highest BCUT2D eigenvalue weighted by Gasteiger charge is 2.26. The minimum atomic E-state index is -0.934. The van der Waals surface area contributed by atoms with E-state index in [0.717, 1.165) is 11.1 Å². The monoisotopic (exact) mass is 262 g/mol. The number of carbonyl (C=O) groups is 2. The SMILES string of the molecule is CCN(CC)C(=O)N1Cc2ccc(C(=O)O)cc2C1. The van der Waals surface area contributed by atoms with E-state index in [-0.39, 0.29) is 11.6 Å². The number of hydrogen-bond donors (Lipinski definition) is 1. The van der Waals surface area contributed by atoms with Crippen LogP contribution in [0.1, 0.15) is 35.3 Å². The van der Waals surface area contributed by atoms with Crippen molar-refractivity contribution >= 4 is 12.0 Å². The number of hydrogen-bond acceptors (Lipinski definition) is 2. The molecule has 1 aromatic rings. The predicted molar refractivity (Wildman–Crippen MR) is 71.0 cm³/mol. The zero-order valence-corrected chi connectivity index (χ0v) is 11.2. The molecule has 2 rings (SSSR count). The Labute approximate surface area is 112 Å². The minimum Gasteiger partial charge on any atom is -0.478 e. The van der Waals surface area contributed by atoms with Crippen LogP contribution in [0, 0.1) is 0 Å². The number of benzene rings is 1. The lowest BCUT2D eigenvalue weighted by Gasteiger charge is -2.25. The van der Waals surface area contributed by atoms with Crippen molar-refractivity contribution in [2.75, 3.05) is 13.1 Å². The number of carboxylic acid groups (broad SMARTS) is 1. The Morgan fingerprint density at radius 2 is 1.84 bits per heavy atom. The number of aromatic carboxylic acids is 1. The molecule has 5 nitrogen and oxygen atoms in total. The van der Waals surface area contributed by atoms with E-state index < -0.39 is 5.97 Å². The number of carboxylic acids is 1. The van der Waals surface area contributed by atoms with Crippen LogP contribution in [0.2, 0.25) is 0 Å². The maximum atomic E-state index is 12.2. The zero-order valence-electron chi connectivity index (χ0n) is 11.2. The highest BCUT2D eigenvalue weighted by Crippen LogP contribution is 2.24. The third kappa shape index (κ3) is 2.54. The maximum absolute atomic E-state index is 12.2. The molecule has 0 bridgehead atoms. The summed E-state index contributed by atoms with van der Waals surface area (Å²) in [6.45, 7) is 6.32. The van der Waals surface area contributed by atoms with E-state index in [4.69, 9.17) is 5.11 Å². The van der Waals surface area contributed by atoms with E-state index in [9.17, 15) is 9.59 Å². The van der Waals surface area contributed by atoms with Crippen LogP contribution in [0.3, 0.4) is 0 Å². The summed E-state index contributed by atoms with van der Waals surface area (Å²) in [4.78, 5) is 26.7. The van der Waals surface area contributed by atoms with Crippen molar-refractivity contribution < 1.29 is 14.7 Å². The van der Waals surface area contributed by atoms with Gasteiger partial charge in [-0.3, -0.25) is 0 Å². The Kier molecular flexibility index (Phi) is 3.74. The van der Waals surface area contributed by atoms with E-state index in [1.165, 1.54) is 0 Å². The summed E-state index contributed by atoms with van der Waals surface area (Å²) in [6, 6.07) is 5.06. The lowest BCUT2D eigenvalue weighted by Crippen LogP contribution is -2.40. The summed E-state index contributed by atoms with van der Waals surface area (Å²) in [5.41, 5.74) is 2.24. The Balaban J connectivity index is 2.16. The van der Waals surface area contributed by atoms with E-state index in [1.807, 2.05) is 13.8 Å². The molecule has 2 amide bonds.